The summed E-state index contributed by atoms with van der Waals surface area (Å²) in [6.07, 6.45) is -0.345. The number of hydrogen-bond donors (Lipinski definition) is 2. The highest BCUT2D eigenvalue weighted by molar-refractivity contribution is 5.99. The second kappa shape index (κ2) is 6.48. The van der Waals surface area contributed by atoms with Gasteiger partial charge in [0.15, 0.2) is 6.10 Å². The maximum absolute atomic E-state index is 9.97. The molecule has 5 nitrogen and oxygen atoms in total. The summed E-state index contributed by atoms with van der Waals surface area (Å²) in [5, 5.41) is 19.8. The normalized spacial score (nSPS) is 16.8. The topological polar surface area (TPSA) is 62.2 Å². The number of phenolic OH excluding ortho intramolecular Hbond substituents is 2. The molecule has 2 aliphatic rings. The van der Waals surface area contributed by atoms with E-state index in [0.29, 0.717) is 18.1 Å². The maximum Gasteiger partial charge on any atom is 0.150 e. The second-order valence-electron chi connectivity index (χ2n) is 7.53. The van der Waals surface area contributed by atoms with Crippen molar-refractivity contribution in [1.82, 2.24) is 0 Å². The molecule has 0 saturated carbocycles. The molecule has 3 aromatic rings. The molecule has 0 fully saturated rings. The Bertz CT molecular complexity index is 1130. The Morgan fingerprint density at radius 1 is 0.828 bits per heavy atom. The molecule has 0 aliphatic carbocycles. The lowest BCUT2D eigenvalue weighted by atomic mass is 9.84. The minimum atomic E-state index is -0.345. The minimum Gasteiger partial charge on any atom is -0.508 e. The van der Waals surface area contributed by atoms with Crippen LogP contribution in [-0.4, -0.2) is 30.9 Å². The van der Waals surface area contributed by atoms with E-state index in [1.54, 1.807) is 24.3 Å². The molecule has 0 radical (unpaired) electrons. The largest absolute Gasteiger partial charge is 0.508 e. The van der Waals surface area contributed by atoms with Gasteiger partial charge in [0.2, 0.25) is 0 Å². The van der Waals surface area contributed by atoms with Crippen molar-refractivity contribution in [1.29, 1.82) is 0 Å². The number of phenols is 2. The number of fused-ring (bicyclic) bond motifs is 4. The van der Waals surface area contributed by atoms with Gasteiger partial charge in [0.25, 0.3) is 0 Å². The SMILES string of the molecule is CN(C)c1ccc(C2Oc3cc(O)ccc3C3=C2c2ccc(O)cc2OC3)cc1. The third-order valence-corrected chi connectivity index (χ3v) is 5.46. The first-order valence-corrected chi connectivity index (χ1v) is 9.48. The second-order valence-corrected chi connectivity index (χ2v) is 7.53. The summed E-state index contributed by atoms with van der Waals surface area (Å²) < 4.78 is 12.4. The van der Waals surface area contributed by atoms with E-state index in [0.717, 1.165) is 33.5 Å². The Morgan fingerprint density at radius 2 is 1.48 bits per heavy atom. The predicted octanol–water partition coefficient (Wildman–Crippen LogP) is 4.60. The van der Waals surface area contributed by atoms with Crippen LogP contribution in [0.15, 0.2) is 60.7 Å². The molecular weight excluding hydrogens is 366 g/mol. The molecule has 29 heavy (non-hydrogen) atoms. The van der Waals surface area contributed by atoms with Gasteiger partial charge in [0.05, 0.1) is 0 Å². The highest BCUT2D eigenvalue weighted by atomic mass is 16.5. The average molecular weight is 387 g/mol. The molecule has 0 bridgehead atoms. The molecule has 5 heteroatoms. The molecule has 2 aliphatic heterocycles. The molecule has 2 heterocycles. The first-order valence-electron chi connectivity index (χ1n) is 9.48. The molecule has 1 unspecified atom stereocenters. The van der Waals surface area contributed by atoms with Gasteiger partial charge in [-0.15, -0.1) is 0 Å². The van der Waals surface area contributed by atoms with E-state index < -0.39 is 0 Å². The van der Waals surface area contributed by atoms with Crippen molar-refractivity contribution in [3.8, 4) is 23.0 Å². The predicted molar refractivity (Wildman–Crippen MR) is 113 cm³/mol. The third-order valence-electron chi connectivity index (χ3n) is 5.46. The number of aromatic hydroxyl groups is 2. The molecular formula is C24H21NO4. The molecule has 2 N–H and O–H groups in total. The van der Waals surface area contributed by atoms with Crippen LogP contribution in [0.25, 0.3) is 11.1 Å². The third kappa shape index (κ3) is 2.86. The number of benzene rings is 3. The van der Waals surface area contributed by atoms with Crippen molar-refractivity contribution in [3.05, 3.63) is 77.4 Å². The van der Waals surface area contributed by atoms with Crippen LogP contribution in [0, 0.1) is 0 Å². The van der Waals surface area contributed by atoms with Crippen molar-refractivity contribution in [2.75, 3.05) is 25.6 Å². The molecule has 5 rings (SSSR count). The Morgan fingerprint density at radius 3 is 2.17 bits per heavy atom. The Kier molecular flexibility index (Phi) is 3.91. The van der Waals surface area contributed by atoms with Gasteiger partial charge >= 0.3 is 0 Å². The lowest BCUT2D eigenvalue weighted by Gasteiger charge is -2.35. The van der Waals surface area contributed by atoms with Gasteiger partial charge in [-0.3, -0.25) is 0 Å². The fourth-order valence-electron chi connectivity index (χ4n) is 3.99. The van der Waals surface area contributed by atoms with Gasteiger partial charge in [0.1, 0.15) is 29.6 Å². The molecule has 0 aromatic heterocycles. The van der Waals surface area contributed by atoms with E-state index in [9.17, 15) is 10.2 Å². The summed E-state index contributed by atoms with van der Waals surface area (Å²) in [6.45, 7) is 0.374. The highest BCUT2D eigenvalue weighted by Crippen LogP contribution is 2.51. The van der Waals surface area contributed by atoms with Gasteiger partial charge in [-0.1, -0.05) is 12.1 Å². The Labute approximate surface area is 169 Å². The molecule has 0 spiro atoms. The van der Waals surface area contributed by atoms with Gasteiger partial charge in [0, 0.05) is 54.2 Å². The van der Waals surface area contributed by atoms with E-state index in [1.807, 2.05) is 26.2 Å². The Hall–Kier alpha value is -3.60. The van der Waals surface area contributed by atoms with Crippen LogP contribution < -0.4 is 14.4 Å². The van der Waals surface area contributed by atoms with Crippen molar-refractivity contribution in [3.63, 3.8) is 0 Å². The van der Waals surface area contributed by atoms with E-state index in [2.05, 4.69) is 29.2 Å². The number of hydrogen-bond acceptors (Lipinski definition) is 5. The van der Waals surface area contributed by atoms with Crippen LogP contribution >= 0.6 is 0 Å². The summed E-state index contributed by atoms with van der Waals surface area (Å²) in [7, 11) is 4.01. The van der Waals surface area contributed by atoms with Crippen molar-refractivity contribution < 1.29 is 19.7 Å². The van der Waals surface area contributed by atoms with Gasteiger partial charge in [-0.05, 0) is 42.0 Å². The number of anilines is 1. The Balaban J connectivity index is 1.71. The molecule has 1 atom stereocenters. The average Bonchev–Trinajstić information content (AvgIpc) is 2.72. The smallest absolute Gasteiger partial charge is 0.150 e. The first-order chi connectivity index (χ1) is 14.0. The van der Waals surface area contributed by atoms with E-state index in [-0.39, 0.29) is 17.6 Å². The lowest BCUT2D eigenvalue weighted by molar-refractivity contribution is 0.252. The first kappa shape index (κ1) is 17.5. The van der Waals surface area contributed by atoms with Gasteiger partial charge < -0.3 is 24.6 Å². The van der Waals surface area contributed by atoms with Crippen molar-refractivity contribution in [2.24, 2.45) is 0 Å². The zero-order valence-corrected chi connectivity index (χ0v) is 16.2. The summed E-state index contributed by atoms with van der Waals surface area (Å²) in [5.74, 6) is 1.61. The zero-order valence-electron chi connectivity index (χ0n) is 16.2. The summed E-state index contributed by atoms with van der Waals surface area (Å²) in [6, 6.07) is 18.6. The maximum atomic E-state index is 9.97. The quantitative estimate of drug-likeness (QED) is 0.673. The minimum absolute atomic E-state index is 0.163. The van der Waals surface area contributed by atoms with Crippen LogP contribution in [0.2, 0.25) is 0 Å². The van der Waals surface area contributed by atoms with Crippen LogP contribution in [0.3, 0.4) is 0 Å². The summed E-state index contributed by atoms with van der Waals surface area (Å²) in [4.78, 5) is 2.05. The molecule has 0 amide bonds. The van der Waals surface area contributed by atoms with Crippen LogP contribution in [0.1, 0.15) is 22.8 Å². The van der Waals surface area contributed by atoms with Crippen LogP contribution in [0.4, 0.5) is 5.69 Å². The molecule has 0 saturated heterocycles. The highest BCUT2D eigenvalue weighted by Gasteiger charge is 2.35. The van der Waals surface area contributed by atoms with E-state index >= 15 is 0 Å². The van der Waals surface area contributed by atoms with Crippen molar-refractivity contribution in [2.45, 2.75) is 6.10 Å². The fraction of sp³-hybridized carbons (Fsp3) is 0.167. The molecule has 146 valence electrons. The van der Waals surface area contributed by atoms with Crippen LogP contribution in [0.5, 0.6) is 23.0 Å². The zero-order chi connectivity index (χ0) is 20.1. The number of nitrogens with zero attached hydrogens (tertiary/aromatic N) is 1. The van der Waals surface area contributed by atoms with E-state index in [4.69, 9.17) is 9.47 Å². The van der Waals surface area contributed by atoms with Gasteiger partial charge in [-0.25, -0.2) is 0 Å². The van der Waals surface area contributed by atoms with Crippen molar-refractivity contribution >= 4 is 16.8 Å². The number of ether oxygens (including phenoxy) is 2. The lowest BCUT2D eigenvalue weighted by Crippen LogP contribution is -2.22. The molecule has 3 aromatic carbocycles. The van der Waals surface area contributed by atoms with Gasteiger partial charge in [-0.2, -0.15) is 0 Å². The summed E-state index contributed by atoms with van der Waals surface area (Å²) >= 11 is 0. The summed E-state index contributed by atoms with van der Waals surface area (Å²) in [5.41, 5.74) is 6.00. The van der Waals surface area contributed by atoms with E-state index in [1.165, 1.54) is 0 Å². The monoisotopic (exact) mass is 387 g/mol. The fourth-order valence-corrected chi connectivity index (χ4v) is 3.99. The standard InChI is InChI=1S/C24H21NO4/c1-25(2)15-5-3-14(4-6-15)24-23-19-10-8-16(26)11-21(19)28-13-20(23)18-9-7-17(27)12-22(18)29-24/h3-12,24,26-27H,13H2,1-2H3. The van der Waals surface area contributed by atoms with Crippen LogP contribution in [-0.2, 0) is 0 Å². The number of rotatable bonds is 2.